The van der Waals surface area contributed by atoms with Gasteiger partial charge in [-0.1, -0.05) is 133 Å². The summed E-state index contributed by atoms with van der Waals surface area (Å²) in [5.41, 5.74) is 10.4. The normalized spacial score (nSPS) is 11.0. The maximum absolute atomic E-state index is 10.1. The molecule has 0 radical (unpaired) electrons. The van der Waals surface area contributed by atoms with E-state index in [4.69, 9.17) is 19.4 Å². The fraction of sp³-hybridized carbons (Fsp3) is 0. The van der Waals surface area contributed by atoms with Gasteiger partial charge in [0.1, 0.15) is 11.2 Å². The summed E-state index contributed by atoms with van der Waals surface area (Å²) in [6.45, 7) is 0. The molecule has 0 aliphatic heterocycles. The molecule has 246 valence electrons. The number of hydrogen-bond donors (Lipinski definition) is 0. The number of nitriles is 2. The van der Waals surface area contributed by atoms with E-state index in [9.17, 15) is 10.5 Å². The van der Waals surface area contributed by atoms with E-state index in [1.165, 1.54) is 0 Å². The van der Waals surface area contributed by atoms with Crippen LogP contribution in [-0.4, -0.2) is 15.0 Å². The van der Waals surface area contributed by atoms with Gasteiger partial charge >= 0.3 is 0 Å². The lowest BCUT2D eigenvalue weighted by atomic mass is 9.91. The summed E-state index contributed by atoms with van der Waals surface area (Å²) in [5.74, 6) is 1.80. The molecular weight excluding hydrogens is 651 g/mol. The van der Waals surface area contributed by atoms with Crippen molar-refractivity contribution in [3.8, 4) is 79.7 Å². The molecule has 0 saturated carbocycles. The quantitative estimate of drug-likeness (QED) is 0.174. The standard InChI is InChI=1S/C47H27N5O/c48-28-34-16-7-9-18-37(34)36-26-40(38-19-10-8-17-35(38)29-49)44-41(27-36)43-39(20-11-21-42(43)53-44)30-22-24-33(25-23-30)47-51-45(31-12-3-1-4-13-31)50-46(52-47)32-14-5-2-6-15-32/h1-27H. The molecule has 0 aliphatic carbocycles. The van der Waals surface area contributed by atoms with E-state index >= 15 is 0 Å². The molecule has 53 heavy (non-hydrogen) atoms. The second-order valence-corrected chi connectivity index (χ2v) is 12.6. The molecule has 0 amide bonds. The lowest BCUT2D eigenvalue weighted by molar-refractivity contribution is 0.670. The van der Waals surface area contributed by atoms with Crippen molar-refractivity contribution in [2.75, 3.05) is 0 Å². The first-order valence-electron chi connectivity index (χ1n) is 17.1. The van der Waals surface area contributed by atoms with Crippen LogP contribution in [0, 0.1) is 22.7 Å². The van der Waals surface area contributed by atoms with Crippen LogP contribution in [0.2, 0.25) is 0 Å². The largest absolute Gasteiger partial charge is 0.455 e. The van der Waals surface area contributed by atoms with Gasteiger partial charge in [-0.3, -0.25) is 0 Å². The monoisotopic (exact) mass is 677 g/mol. The molecule has 0 saturated heterocycles. The van der Waals surface area contributed by atoms with Crippen LogP contribution in [0.25, 0.3) is 89.5 Å². The van der Waals surface area contributed by atoms with E-state index in [2.05, 4.69) is 36.4 Å². The lowest BCUT2D eigenvalue weighted by Crippen LogP contribution is -2.00. The zero-order valence-corrected chi connectivity index (χ0v) is 28.2. The topological polar surface area (TPSA) is 99.4 Å². The Kier molecular flexibility index (Phi) is 7.82. The van der Waals surface area contributed by atoms with Crippen molar-refractivity contribution in [2.24, 2.45) is 0 Å². The summed E-state index contributed by atoms with van der Waals surface area (Å²) in [4.78, 5) is 14.6. The molecule has 2 aromatic heterocycles. The Bertz CT molecular complexity index is 2840. The van der Waals surface area contributed by atoms with Gasteiger partial charge in [0.05, 0.1) is 23.3 Å². The van der Waals surface area contributed by atoms with Crippen molar-refractivity contribution in [3.63, 3.8) is 0 Å². The molecule has 0 bridgehead atoms. The Morgan fingerprint density at radius 2 is 0.887 bits per heavy atom. The minimum absolute atomic E-state index is 0.542. The van der Waals surface area contributed by atoms with E-state index in [1.54, 1.807) is 0 Å². The first kappa shape index (κ1) is 31.3. The van der Waals surface area contributed by atoms with E-state index in [0.717, 1.165) is 66.4 Å². The molecule has 0 N–H and O–H groups in total. The summed E-state index contributed by atoms with van der Waals surface area (Å²) in [6.07, 6.45) is 0. The molecule has 9 rings (SSSR count). The van der Waals surface area contributed by atoms with Crippen LogP contribution in [0.5, 0.6) is 0 Å². The fourth-order valence-electron chi connectivity index (χ4n) is 6.91. The molecule has 2 heterocycles. The molecule has 0 spiro atoms. The number of nitrogens with zero attached hydrogens (tertiary/aromatic N) is 5. The van der Waals surface area contributed by atoms with Crippen LogP contribution in [0.15, 0.2) is 168 Å². The minimum atomic E-state index is 0.542. The Morgan fingerprint density at radius 1 is 0.396 bits per heavy atom. The lowest BCUT2D eigenvalue weighted by Gasteiger charge is -2.11. The van der Waals surface area contributed by atoms with Crippen LogP contribution in [0.3, 0.4) is 0 Å². The first-order chi connectivity index (χ1) is 26.2. The van der Waals surface area contributed by atoms with Gasteiger partial charge in [-0.15, -0.1) is 0 Å². The Balaban J connectivity index is 1.22. The third kappa shape index (κ3) is 5.67. The molecule has 9 aromatic rings. The maximum Gasteiger partial charge on any atom is 0.164 e. The van der Waals surface area contributed by atoms with Gasteiger partial charge < -0.3 is 4.42 Å². The highest BCUT2D eigenvalue weighted by molar-refractivity contribution is 6.17. The van der Waals surface area contributed by atoms with Crippen LogP contribution in [0.1, 0.15) is 11.1 Å². The minimum Gasteiger partial charge on any atom is -0.455 e. The summed E-state index contributed by atoms with van der Waals surface area (Å²) in [6, 6.07) is 58.1. The highest BCUT2D eigenvalue weighted by Gasteiger charge is 2.21. The average molecular weight is 678 g/mol. The third-order valence-electron chi connectivity index (χ3n) is 9.45. The molecule has 0 atom stereocenters. The Labute approximate surface area is 305 Å². The summed E-state index contributed by atoms with van der Waals surface area (Å²) >= 11 is 0. The van der Waals surface area contributed by atoms with E-state index in [-0.39, 0.29) is 0 Å². The molecule has 6 heteroatoms. The first-order valence-corrected chi connectivity index (χ1v) is 17.1. The summed E-state index contributed by atoms with van der Waals surface area (Å²) < 4.78 is 6.65. The third-order valence-corrected chi connectivity index (χ3v) is 9.45. The maximum atomic E-state index is 10.1. The summed E-state index contributed by atoms with van der Waals surface area (Å²) in [7, 11) is 0. The van der Waals surface area contributed by atoms with Crippen molar-refractivity contribution in [1.29, 1.82) is 10.5 Å². The zero-order valence-electron chi connectivity index (χ0n) is 28.2. The van der Waals surface area contributed by atoms with Gasteiger partial charge in [-0.2, -0.15) is 10.5 Å². The smallest absolute Gasteiger partial charge is 0.164 e. The average Bonchev–Trinajstić information content (AvgIpc) is 3.63. The molecule has 0 fully saturated rings. The molecule has 0 unspecified atom stereocenters. The molecular formula is C47H27N5O. The van der Waals surface area contributed by atoms with Crippen LogP contribution in [-0.2, 0) is 0 Å². The van der Waals surface area contributed by atoms with Crippen molar-refractivity contribution in [1.82, 2.24) is 15.0 Å². The van der Waals surface area contributed by atoms with Gasteiger partial charge in [0, 0.05) is 38.6 Å². The number of hydrogen-bond acceptors (Lipinski definition) is 6. The zero-order chi connectivity index (χ0) is 35.7. The number of aromatic nitrogens is 3. The second kappa shape index (κ2) is 13.2. The fourth-order valence-corrected chi connectivity index (χ4v) is 6.91. The Hall–Kier alpha value is -7.67. The molecule has 6 nitrogen and oxygen atoms in total. The van der Waals surface area contributed by atoms with E-state index in [1.807, 2.05) is 140 Å². The van der Waals surface area contributed by atoms with Gasteiger partial charge in [-0.05, 0) is 52.6 Å². The van der Waals surface area contributed by atoms with Crippen molar-refractivity contribution in [3.05, 3.63) is 175 Å². The number of rotatable bonds is 6. The molecule has 7 aromatic carbocycles. The van der Waals surface area contributed by atoms with Crippen LogP contribution < -0.4 is 0 Å². The molecule has 0 aliphatic rings. The van der Waals surface area contributed by atoms with Gasteiger partial charge in [0.25, 0.3) is 0 Å². The van der Waals surface area contributed by atoms with Gasteiger partial charge in [-0.25, -0.2) is 15.0 Å². The van der Waals surface area contributed by atoms with Crippen molar-refractivity contribution in [2.45, 2.75) is 0 Å². The summed E-state index contributed by atoms with van der Waals surface area (Å²) in [5, 5.41) is 21.9. The van der Waals surface area contributed by atoms with Crippen molar-refractivity contribution >= 4 is 21.9 Å². The number of benzene rings is 7. The van der Waals surface area contributed by atoms with Crippen molar-refractivity contribution < 1.29 is 4.42 Å². The highest BCUT2D eigenvalue weighted by Crippen LogP contribution is 2.44. The van der Waals surface area contributed by atoms with Crippen LogP contribution in [0.4, 0.5) is 0 Å². The van der Waals surface area contributed by atoms with E-state index < -0.39 is 0 Å². The van der Waals surface area contributed by atoms with Gasteiger partial charge in [0.15, 0.2) is 17.5 Å². The second-order valence-electron chi connectivity index (χ2n) is 12.6. The van der Waals surface area contributed by atoms with Gasteiger partial charge in [0.2, 0.25) is 0 Å². The van der Waals surface area contributed by atoms with Crippen LogP contribution >= 0.6 is 0 Å². The number of fused-ring (bicyclic) bond motifs is 3. The SMILES string of the molecule is N#Cc1ccccc1-c1cc(-c2ccccc2C#N)c2oc3cccc(-c4ccc(-c5nc(-c6ccccc6)nc(-c6ccccc6)n5)cc4)c3c2c1. The Morgan fingerprint density at radius 3 is 1.49 bits per heavy atom. The predicted molar refractivity (Wildman–Crippen MR) is 209 cm³/mol. The highest BCUT2D eigenvalue weighted by atomic mass is 16.3. The van der Waals surface area contributed by atoms with E-state index in [0.29, 0.717) is 34.2 Å². The number of furan rings is 1. The predicted octanol–water partition coefficient (Wildman–Crippen LogP) is 11.5.